The van der Waals surface area contributed by atoms with Crippen LogP contribution in [0.3, 0.4) is 0 Å². The second kappa shape index (κ2) is 7.08. The van der Waals surface area contributed by atoms with Crippen molar-refractivity contribution in [3.05, 3.63) is 89.8 Å². The molecule has 1 N–H and O–H groups in total. The maximum absolute atomic E-state index is 13.3. The highest BCUT2D eigenvalue weighted by Gasteiger charge is 2.27. The molecule has 0 fully saturated rings. The zero-order valence-electron chi connectivity index (χ0n) is 13.3. The molecule has 1 amide bonds. The number of aromatic amines is 1. The van der Waals surface area contributed by atoms with E-state index < -0.39 is 0 Å². The van der Waals surface area contributed by atoms with Crippen LogP contribution in [0.1, 0.15) is 34.6 Å². The Morgan fingerprint density at radius 2 is 1.96 bits per heavy atom. The van der Waals surface area contributed by atoms with Crippen LogP contribution in [-0.2, 0) is 0 Å². The monoisotopic (exact) mass is 323 g/mol. The van der Waals surface area contributed by atoms with E-state index in [-0.39, 0.29) is 17.8 Å². The molecule has 2 aromatic heterocycles. The van der Waals surface area contributed by atoms with Crippen LogP contribution in [0.5, 0.6) is 0 Å². The molecule has 2 heterocycles. The van der Waals surface area contributed by atoms with Crippen LogP contribution in [0.4, 0.5) is 4.39 Å². The first-order chi connectivity index (χ1) is 11.7. The lowest BCUT2D eigenvalue weighted by Crippen LogP contribution is -2.35. The highest BCUT2D eigenvalue weighted by Crippen LogP contribution is 2.29. The smallest absolute Gasteiger partial charge is 0.271 e. The fourth-order valence-electron chi connectivity index (χ4n) is 2.80. The van der Waals surface area contributed by atoms with Crippen molar-refractivity contribution in [2.75, 3.05) is 6.54 Å². The van der Waals surface area contributed by atoms with Crippen molar-refractivity contribution in [2.45, 2.75) is 13.0 Å². The van der Waals surface area contributed by atoms with Gasteiger partial charge in [0.05, 0.1) is 6.04 Å². The molecule has 0 aliphatic carbocycles. The van der Waals surface area contributed by atoms with Gasteiger partial charge >= 0.3 is 0 Å². The predicted octanol–water partition coefficient (Wildman–Crippen LogP) is 3.80. The normalized spacial score (nSPS) is 11.9. The number of carbonyl (C=O) groups is 1. The lowest BCUT2D eigenvalue weighted by Gasteiger charge is -2.31. The number of nitrogens with one attached hydrogen (secondary N) is 1. The second-order valence-corrected chi connectivity index (χ2v) is 5.42. The minimum atomic E-state index is -0.333. The summed E-state index contributed by atoms with van der Waals surface area (Å²) < 4.78 is 13.3. The number of carbonyl (C=O) groups excluding carboxylic acids is 1. The van der Waals surface area contributed by atoms with E-state index in [0.717, 1.165) is 11.1 Å². The molecule has 4 nitrogen and oxygen atoms in total. The fourth-order valence-corrected chi connectivity index (χ4v) is 2.80. The summed E-state index contributed by atoms with van der Waals surface area (Å²) in [4.78, 5) is 21.8. The summed E-state index contributed by atoms with van der Waals surface area (Å²) in [5, 5.41) is 0. The number of benzene rings is 1. The summed E-state index contributed by atoms with van der Waals surface area (Å²) in [5.74, 6) is -0.414. The summed E-state index contributed by atoms with van der Waals surface area (Å²) in [7, 11) is 0. The van der Waals surface area contributed by atoms with E-state index in [1.807, 2.05) is 19.1 Å². The number of hydrogen-bond donors (Lipinski definition) is 1. The van der Waals surface area contributed by atoms with Crippen molar-refractivity contribution in [3.8, 4) is 0 Å². The molecule has 1 atom stereocenters. The molecule has 0 unspecified atom stereocenters. The third kappa shape index (κ3) is 3.20. The van der Waals surface area contributed by atoms with Gasteiger partial charge in [-0.2, -0.15) is 0 Å². The van der Waals surface area contributed by atoms with Crippen LogP contribution in [0.15, 0.2) is 67.1 Å². The summed E-state index contributed by atoms with van der Waals surface area (Å²) in [5.41, 5.74) is 2.24. The Kier molecular flexibility index (Phi) is 4.70. The Morgan fingerprint density at radius 1 is 1.17 bits per heavy atom. The van der Waals surface area contributed by atoms with E-state index in [9.17, 15) is 9.18 Å². The summed E-state index contributed by atoms with van der Waals surface area (Å²) >= 11 is 0. The molecule has 0 radical (unpaired) electrons. The molecule has 0 aliphatic rings. The number of rotatable bonds is 5. The maximum Gasteiger partial charge on any atom is 0.271 e. The number of pyridine rings is 1. The first-order valence-corrected chi connectivity index (χ1v) is 7.80. The lowest BCUT2D eigenvalue weighted by molar-refractivity contribution is 0.0711. The Morgan fingerprint density at radius 3 is 2.54 bits per heavy atom. The fraction of sp³-hybridized carbons (Fsp3) is 0.158. The third-order valence-electron chi connectivity index (χ3n) is 3.93. The molecule has 0 bridgehead atoms. The number of halogens is 1. The van der Waals surface area contributed by atoms with Crippen molar-refractivity contribution < 1.29 is 9.18 Å². The second-order valence-electron chi connectivity index (χ2n) is 5.42. The van der Waals surface area contributed by atoms with Gasteiger partial charge in [0.15, 0.2) is 0 Å². The largest absolute Gasteiger partial charge is 0.357 e. The van der Waals surface area contributed by atoms with Crippen LogP contribution in [0.25, 0.3) is 0 Å². The standard InChI is InChI=1S/C19H18FN3O/c1-2-23(19(24)17-6-4-12-22-17)18(15-5-3-11-21-13-15)14-7-9-16(20)10-8-14/h3-13,18,22H,2H2,1H3/t18-/m1/s1. The van der Waals surface area contributed by atoms with Gasteiger partial charge in [0.25, 0.3) is 5.91 Å². The summed E-state index contributed by atoms with van der Waals surface area (Å²) in [6.45, 7) is 2.43. The molecule has 5 heteroatoms. The minimum Gasteiger partial charge on any atom is -0.357 e. The molecule has 0 spiro atoms. The number of hydrogen-bond acceptors (Lipinski definition) is 2. The zero-order chi connectivity index (χ0) is 16.9. The average molecular weight is 323 g/mol. The van der Waals surface area contributed by atoms with Gasteiger partial charge in [-0.3, -0.25) is 9.78 Å². The van der Waals surface area contributed by atoms with Gasteiger partial charge in [0, 0.05) is 25.1 Å². The van der Waals surface area contributed by atoms with Gasteiger partial charge < -0.3 is 9.88 Å². The summed E-state index contributed by atoms with van der Waals surface area (Å²) in [6, 6.07) is 13.2. The van der Waals surface area contributed by atoms with Crippen LogP contribution in [-0.4, -0.2) is 27.3 Å². The average Bonchev–Trinajstić information content (AvgIpc) is 3.15. The molecule has 0 aliphatic heterocycles. The first-order valence-electron chi connectivity index (χ1n) is 7.80. The van der Waals surface area contributed by atoms with Gasteiger partial charge in [-0.25, -0.2) is 4.39 Å². The van der Waals surface area contributed by atoms with Gasteiger partial charge in [0.2, 0.25) is 0 Å². The molecule has 0 saturated heterocycles. The number of nitrogens with zero attached hydrogens (tertiary/aromatic N) is 2. The zero-order valence-corrected chi connectivity index (χ0v) is 13.3. The quantitative estimate of drug-likeness (QED) is 0.776. The maximum atomic E-state index is 13.3. The predicted molar refractivity (Wildman–Crippen MR) is 90.0 cm³/mol. The van der Waals surface area contributed by atoms with Crippen molar-refractivity contribution in [1.82, 2.24) is 14.9 Å². The molecule has 24 heavy (non-hydrogen) atoms. The molecule has 3 rings (SSSR count). The molecule has 0 saturated carbocycles. The number of amides is 1. The Labute approximate surface area is 140 Å². The van der Waals surface area contributed by atoms with Gasteiger partial charge in [-0.1, -0.05) is 18.2 Å². The van der Waals surface area contributed by atoms with Gasteiger partial charge in [0.1, 0.15) is 11.5 Å². The highest BCUT2D eigenvalue weighted by molar-refractivity contribution is 5.93. The SMILES string of the molecule is CCN(C(=O)c1ccc[nH]1)[C@H](c1ccc(F)cc1)c1cccnc1. The molecule has 1 aromatic carbocycles. The van der Waals surface area contributed by atoms with E-state index in [1.165, 1.54) is 12.1 Å². The van der Waals surface area contributed by atoms with Crippen LogP contribution < -0.4 is 0 Å². The molecule has 122 valence electrons. The van der Waals surface area contributed by atoms with Crippen LogP contribution in [0, 0.1) is 5.82 Å². The van der Waals surface area contributed by atoms with E-state index in [2.05, 4.69) is 9.97 Å². The van der Waals surface area contributed by atoms with Crippen molar-refractivity contribution in [1.29, 1.82) is 0 Å². The van der Waals surface area contributed by atoms with Crippen LogP contribution in [0.2, 0.25) is 0 Å². The lowest BCUT2D eigenvalue weighted by atomic mass is 9.98. The van der Waals surface area contributed by atoms with Crippen molar-refractivity contribution in [2.24, 2.45) is 0 Å². The topological polar surface area (TPSA) is 49.0 Å². The molecule has 3 aromatic rings. The van der Waals surface area contributed by atoms with E-state index in [4.69, 9.17) is 0 Å². The Bertz CT molecular complexity index is 785. The van der Waals surface area contributed by atoms with E-state index in [0.29, 0.717) is 12.2 Å². The van der Waals surface area contributed by atoms with E-state index in [1.54, 1.807) is 47.8 Å². The molecular weight excluding hydrogens is 305 g/mol. The third-order valence-corrected chi connectivity index (χ3v) is 3.93. The van der Waals surface area contributed by atoms with Crippen molar-refractivity contribution in [3.63, 3.8) is 0 Å². The molecular formula is C19H18FN3O. The van der Waals surface area contributed by atoms with E-state index >= 15 is 0 Å². The van der Waals surface area contributed by atoms with Gasteiger partial charge in [-0.05, 0) is 48.4 Å². The summed E-state index contributed by atoms with van der Waals surface area (Å²) in [6.07, 6.45) is 5.14. The Balaban J connectivity index is 2.05. The number of H-pyrrole nitrogens is 1. The number of aromatic nitrogens is 2. The Hall–Kier alpha value is -2.95. The first kappa shape index (κ1) is 15.9. The van der Waals surface area contributed by atoms with Crippen molar-refractivity contribution >= 4 is 5.91 Å². The minimum absolute atomic E-state index is 0.110. The van der Waals surface area contributed by atoms with Crippen LogP contribution >= 0.6 is 0 Å². The van der Waals surface area contributed by atoms with Gasteiger partial charge in [-0.15, -0.1) is 0 Å². The highest BCUT2D eigenvalue weighted by atomic mass is 19.1.